The van der Waals surface area contributed by atoms with Gasteiger partial charge in [-0.05, 0) is 59.1 Å². The van der Waals surface area contributed by atoms with Crippen molar-refractivity contribution in [2.24, 2.45) is 5.92 Å². The Labute approximate surface area is 172 Å². The smallest absolute Gasteiger partial charge is 0.299 e. The van der Waals surface area contributed by atoms with E-state index < -0.39 is 11.7 Å². The van der Waals surface area contributed by atoms with Crippen molar-refractivity contribution in [2.45, 2.75) is 45.7 Å². The van der Waals surface area contributed by atoms with E-state index in [2.05, 4.69) is 56.0 Å². The van der Waals surface area contributed by atoms with Gasteiger partial charge in [-0.2, -0.15) is 13.2 Å². The summed E-state index contributed by atoms with van der Waals surface area (Å²) in [6.45, 7) is 9.31. The summed E-state index contributed by atoms with van der Waals surface area (Å²) in [5.41, 5.74) is 3.84. The van der Waals surface area contributed by atoms with Gasteiger partial charge in [0.2, 0.25) is 0 Å². The van der Waals surface area contributed by atoms with Crippen LogP contribution < -0.4 is 0 Å². The first-order valence-corrected chi connectivity index (χ1v) is 10.4. The molecule has 1 aliphatic heterocycles. The molecule has 1 nitrogen and oxygen atoms in total. The highest BCUT2D eigenvalue weighted by molar-refractivity contribution is 5.67. The minimum absolute atomic E-state index is 0.423. The standard InChI is InChI=1S/C25H30F3N/c1-18(2)15-20-7-9-21(10-8-20)19(3)17-29-13-11-22(12-14-29)23-5-4-6-24(16-23)25(26,27)28/h4-11,16,18-19H,12-15,17H2,1-3H3. The van der Waals surface area contributed by atoms with Crippen LogP contribution in [0.15, 0.2) is 54.6 Å². The summed E-state index contributed by atoms with van der Waals surface area (Å²) in [4.78, 5) is 2.38. The van der Waals surface area contributed by atoms with Crippen molar-refractivity contribution in [3.05, 3.63) is 76.9 Å². The third-order valence-electron chi connectivity index (χ3n) is 5.58. The maximum absolute atomic E-state index is 13.0. The molecule has 0 amide bonds. The highest BCUT2D eigenvalue weighted by atomic mass is 19.4. The minimum Gasteiger partial charge on any atom is -0.299 e. The number of rotatable bonds is 6. The summed E-state index contributed by atoms with van der Waals surface area (Å²) in [6.07, 6.45) is -0.333. The van der Waals surface area contributed by atoms with Crippen LogP contribution in [0.4, 0.5) is 13.2 Å². The Balaban J connectivity index is 1.59. The van der Waals surface area contributed by atoms with E-state index in [1.54, 1.807) is 6.07 Å². The fraction of sp³-hybridized carbons (Fsp3) is 0.440. The quantitative estimate of drug-likeness (QED) is 0.515. The van der Waals surface area contributed by atoms with Crippen molar-refractivity contribution in [1.29, 1.82) is 0 Å². The molecule has 0 N–H and O–H groups in total. The second-order valence-corrected chi connectivity index (χ2v) is 8.56. The Morgan fingerprint density at radius 3 is 2.31 bits per heavy atom. The van der Waals surface area contributed by atoms with Crippen molar-refractivity contribution < 1.29 is 13.2 Å². The Hall–Kier alpha value is -2.07. The number of halogens is 3. The Kier molecular flexibility index (Phi) is 6.84. The van der Waals surface area contributed by atoms with Gasteiger partial charge < -0.3 is 0 Å². The van der Waals surface area contributed by atoms with E-state index in [0.29, 0.717) is 17.4 Å². The van der Waals surface area contributed by atoms with E-state index in [9.17, 15) is 13.2 Å². The fourth-order valence-electron chi connectivity index (χ4n) is 3.98. The molecule has 0 bridgehead atoms. The van der Waals surface area contributed by atoms with Gasteiger partial charge in [-0.25, -0.2) is 0 Å². The molecule has 1 atom stereocenters. The summed E-state index contributed by atoms with van der Waals surface area (Å²) < 4.78 is 38.9. The Morgan fingerprint density at radius 1 is 1.00 bits per heavy atom. The van der Waals surface area contributed by atoms with Crippen LogP contribution in [0.3, 0.4) is 0 Å². The van der Waals surface area contributed by atoms with Gasteiger partial charge in [0.25, 0.3) is 0 Å². The number of hydrogen-bond donors (Lipinski definition) is 0. The van der Waals surface area contributed by atoms with Crippen molar-refractivity contribution >= 4 is 5.57 Å². The van der Waals surface area contributed by atoms with E-state index in [1.165, 1.54) is 23.3 Å². The van der Waals surface area contributed by atoms with Gasteiger partial charge in [0.15, 0.2) is 0 Å². The van der Waals surface area contributed by atoms with Gasteiger partial charge in [0.1, 0.15) is 0 Å². The van der Waals surface area contributed by atoms with E-state index >= 15 is 0 Å². The fourth-order valence-corrected chi connectivity index (χ4v) is 3.98. The molecule has 1 aliphatic rings. The molecule has 0 aromatic heterocycles. The molecule has 0 saturated heterocycles. The molecular weight excluding hydrogens is 371 g/mol. The summed E-state index contributed by atoms with van der Waals surface area (Å²) in [5, 5.41) is 0. The molecule has 3 rings (SSSR count). The lowest BCUT2D eigenvalue weighted by molar-refractivity contribution is -0.137. The van der Waals surface area contributed by atoms with E-state index in [4.69, 9.17) is 0 Å². The van der Waals surface area contributed by atoms with Gasteiger partial charge >= 0.3 is 6.18 Å². The Bertz CT molecular complexity index is 834. The van der Waals surface area contributed by atoms with E-state index in [0.717, 1.165) is 44.1 Å². The normalized spacial score (nSPS) is 16.7. The largest absolute Gasteiger partial charge is 0.416 e. The molecule has 1 heterocycles. The van der Waals surface area contributed by atoms with Crippen LogP contribution >= 0.6 is 0 Å². The first-order valence-electron chi connectivity index (χ1n) is 10.4. The zero-order valence-corrected chi connectivity index (χ0v) is 17.5. The SMILES string of the molecule is CC(C)Cc1ccc(C(C)CN2CC=C(c3cccc(C(F)(F)F)c3)CC2)cc1. The van der Waals surface area contributed by atoms with Crippen molar-refractivity contribution in [3.8, 4) is 0 Å². The lowest BCUT2D eigenvalue weighted by Gasteiger charge is -2.29. The minimum atomic E-state index is -4.29. The maximum atomic E-state index is 13.0. The van der Waals surface area contributed by atoms with Crippen LogP contribution in [0.2, 0.25) is 0 Å². The lowest BCUT2D eigenvalue weighted by Crippen LogP contribution is -2.32. The summed E-state index contributed by atoms with van der Waals surface area (Å²) in [6, 6.07) is 14.6. The predicted molar refractivity (Wildman–Crippen MR) is 114 cm³/mol. The molecule has 1 unspecified atom stereocenters. The van der Waals surface area contributed by atoms with Crippen LogP contribution in [-0.2, 0) is 12.6 Å². The summed E-state index contributed by atoms with van der Waals surface area (Å²) >= 11 is 0. The predicted octanol–water partition coefficient (Wildman–Crippen LogP) is 6.80. The van der Waals surface area contributed by atoms with Crippen LogP contribution in [0.5, 0.6) is 0 Å². The topological polar surface area (TPSA) is 3.24 Å². The maximum Gasteiger partial charge on any atom is 0.416 e. The van der Waals surface area contributed by atoms with Gasteiger partial charge in [-0.1, -0.05) is 63.2 Å². The third kappa shape index (κ3) is 5.96. The molecule has 156 valence electrons. The summed E-state index contributed by atoms with van der Waals surface area (Å²) in [5.74, 6) is 1.08. The molecular formula is C25H30F3N. The Morgan fingerprint density at radius 2 is 1.72 bits per heavy atom. The zero-order chi connectivity index (χ0) is 21.0. The molecule has 0 spiro atoms. The highest BCUT2D eigenvalue weighted by Crippen LogP contribution is 2.32. The van der Waals surface area contributed by atoms with Crippen molar-refractivity contribution in [2.75, 3.05) is 19.6 Å². The zero-order valence-electron chi connectivity index (χ0n) is 17.5. The average Bonchev–Trinajstić information content (AvgIpc) is 2.68. The van der Waals surface area contributed by atoms with Crippen LogP contribution in [0.1, 0.15) is 55.4 Å². The first kappa shape index (κ1) is 21.6. The number of hydrogen-bond acceptors (Lipinski definition) is 1. The van der Waals surface area contributed by atoms with Gasteiger partial charge in [0.05, 0.1) is 5.56 Å². The van der Waals surface area contributed by atoms with Crippen LogP contribution in [-0.4, -0.2) is 24.5 Å². The van der Waals surface area contributed by atoms with E-state index in [1.807, 2.05) is 0 Å². The number of benzene rings is 2. The van der Waals surface area contributed by atoms with Gasteiger partial charge in [0, 0.05) is 19.6 Å². The molecule has 0 saturated carbocycles. The molecule has 2 aromatic carbocycles. The number of alkyl halides is 3. The van der Waals surface area contributed by atoms with Crippen LogP contribution in [0, 0.1) is 5.92 Å². The molecule has 4 heteroatoms. The molecule has 0 radical (unpaired) electrons. The highest BCUT2D eigenvalue weighted by Gasteiger charge is 2.30. The van der Waals surface area contributed by atoms with Gasteiger partial charge in [-0.15, -0.1) is 0 Å². The van der Waals surface area contributed by atoms with Crippen molar-refractivity contribution in [3.63, 3.8) is 0 Å². The second-order valence-electron chi connectivity index (χ2n) is 8.56. The average molecular weight is 402 g/mol. The third-order valence-corrected chi connectivity index (χ3v) is 5.58. The monoisotopic (exact) mass is 401 g/mol. The summed E-state index contributed by atoms with van der Waals surface area (Å²) in [7, 11) is 0. The molecule has 2 aromatic rings. The van der Waals surface area contributed by atoms with Gasteiger partial charge in [-0.3, -0.25) is 4.90 Å². The lowest BCUT2D eigenvalue weighted by atomic mass is 9.94. The second kappa shape index (κ2) is 9.17. The first-order chi connectivity index (χ1) is 13.7. The molecule has 0 aliphatic carbocycles. The van der Waals surface area contributed by atoms with E-state index in [-0.39, 0.29) is 0 Å². The van der Waals surface area contributed by atoms with Crippen LogP contribution in [0.25, 0.3) is 5.57 Å². The number of nitrogens with zero attached hydrogens (tertiary/aromatic N) is 1. The molecule has 0 fully saturated rings. The van der Waals surface area contributed by atoms with Crippen molar-refractivity contribution in [1.82, 2.24) is 4.90 Å². The molecule has 29 heavy (non-hydrogen) atoms.